The molecule has 1 saturated heterocycles. The lowest BCUT2D eigenvalue weighted by molar-refractivity contribution is 0.0515. The van der Waals surface area contributed by atoms with E-state index in [1.165, 1.54) is 6.26 Å². The van der Waals surface area contributed by atoms with Crippen LogP contribution in [0.3, 0.4) is 0 Å². The summed E-state index contributed by atoms with van der Waals surface area (Å²) in [5.41, 5.74) is 6.76. The van der Waals surface area contributed by atoms with Crippen molar-refractivity contribution in [3.05, 3.63) is 41.6 Å². The number of aromatic nitrogens is 2. The van der Waals surface area contributed by atoms with Gasteiger partial charge in [0.25, 0.3) is 11.8 Å². The Morgan fingerprint density at radius 2 is 1.76 bits per heavy atom. The monoisotopic (exact) mass is 343 g/mol. The molecule has 132 valence electrons. The van der Waals surface area contributed by atoms with Gasteiger partial charge in [0.1, 0.15) is 5.69 Å². The van der Waals surface area contributed by atoms with Gasteiger partial charge in [0.2, 0.25) is 5.95 Å². The maximum absolute atomic E-state index is 12.7. The maximum Gasteiger partial charge on any atom is 0.289 e. The van der Waals surface area contributed by atoms with Gasteiger partial charge in [-0.3, -0.25) is 9.59 Å². The molecule has 0 spiro atoms. The SMILES string of the molecule is CC(C)c1cc(C(=O)N2CCN(C(=O)c3ccco3)CC2)nc(N)n1. The molecule has 1 fully saturated rings. The summed E-state index contributed by atoms with van der Waals surface area (Å²) in [7, 11) is 0. The Bertz CT molecular complexity index is 765. The van der Waals surface area contributed by atoms with Gasteiger partial charge in [0.05, 0.1) is 6.26 Å². The Balaban J connectivity index is 1.67. The Hall–Kier alpha value is -2.90. The van der Waals surface area contributed by atoms with Gasteiger partial charge < -0.3 is 20.0 Å². The molecule has 0 unspecified atom stereocenters. The number of hydrogen-bond acceptors (Lipinski definition) is 6. The number of hydrogen-bond donors (Lipinski definition) is 1. The summed E-state index contributed by atoms with van der Waals surface area (Å²) in [5, 5.41) is 0. The van der Waals surface area contributed by atoms with Gasteiger partial charge in [-0.2, -0.15) is 0 Å². The first kappa shape index (κ1) is 16.9. The third-order valence-corrected chi connectivity index (χ3v) is 4.16. The van der Waals surface area contributed by atoms with Crippen molar-refractivity contribution in [2.45, 2.75) is 19.8 Å². The quantitative estimate of drug-likeness (QED) is 0.902. The number of furan rings is 1. The molecule has 3 rings (SSSR count). The van der Waals surface area contributed by atoms with E-state index >= 15 is 0 Å². The van der Waals surface area contributed by atoms with Crippen molar-refractivity contribution in [2.75, 3.05) is 31.9 Å². The molecule has 0 bridgehead atoms. The molecule has 1 aliphatic heterocycles. The van der Waals surface area contributed by atoms with Crippen molar-refractivity contribution in [3.63, 3.8) is 0 Å². The van der Waals surface area contributed by atoms with Crippen molar-refractivity contribution in [1.82, 2.24) is 19.8 Å². The number of amides is 2. The molecular weight excluding hydrogens is 322 g/mol. The van der Waals surface area contributed by atoms with E-state index in [0.29, 0.717) is 37.6 Å². The second kappa shape index (κ2) is 6.92. The molecule has 0 atom stereocenters. The van der Waals surface area contributed by atoms with Crippen LogP contribution in [0.5, 0.6) is 0 Å². The second-order valence-electron chi connectivity index (χ2n) is 6.25. The van der Waals surface area contributed by atoms with E-state index < -0.39 is 0 Å². The van der Waals surface area contributed by atoms with Crippen molar-refractivity contribution in [2.24, 2.45) is 0 Å². The third-order valence-electron chi connectivity index (χ3n) is 4.16. The Labute approximate surface area is 145 Å². The fourth-order valence-electron chi connectivity index (χ4n) is 2.72. The molecule has 0 radical (unpaired) electrons. The van der Waals surface area contributed by atoms with Crippen LogP contribution in [-0.2, 0) is 0 Å². The van der Waals surface area contributed by atoms with Crippen LogP contribution in [0, 0.1) is 0 Å². The summed E-state index contributed by atoms with van der Waals surface area (Å²) in [6.07, 6.45) is 1.47. The number of piperazine rings is 1. The fraction of sp³-hybridized carbons (Fsp3) is 0.412. The summed E-state index contributed by atoms with van der Waals surface area (Å²) in [6.45, 7) is 5.73. The van der Waals surface area contributed by atoms with Gasteiger partial charge in [-0.25, -0.2) is 9.97 Å². The minimum Gasteiger partial charge on any atom is -0.459 e. The van der Waals surface area contributed by atoms with Crippen LogP contribution in [0.2, 0.25) is 0 Å². The van der Waals surface area contributed by atoms with Crippen LogP contribution in [0.15, 0.2) is 28.9 Å². The van der Waals surface area contributed by atoms with Crippen LogP contribution in [-0.4, -0.2) is 57.8 Å². The molecule has 2 N–H and O–H groups in total. The van der Waals surface area contributed by atoms with Gasteiger partial charge in [-0.15, -0.1) is 0 Å². The molecular formula is C17H21N5O3. The van der Waals surface area contributed by atoms with Crippen molar-refractivity contribution < 1.29 is 14.0 Å². The van der Waals surface area contributed by atoms with Gasteiger partial charge in [-0.05, 0) is 24.1 Å². The molecule has 0 aliphatic carbocycles. The molecule has 0 saturated carbocycles. The lowest BCUT2D eigenvalue weighted by Gasteiger charge is -2.34. The predicted molar refractivity (Wildman–Crippen MR) is 91.0 cm³/mol. The standard InChI is InChI=1S/C17H21N5O3/c1-11(2)12-10-13(20-17(18)19-12)15(23)21-5-7-22(8-6-21)16(24)14-4-3-9-25-14/h3-4,9-11H,5-8H2,1-2H3,(H2,18,19,20). The van der Waals surface area contributed by atoms with Crippen LogP contribution >= 0.6 is 0 Å². The topological polar surface area (TPSA) is 106 Å². The minimum absolute atomic E-state index is 0.0983. The highest BCUT2D eigenvalue weighted by Crippen LogP contribution is 2.16. The molecule has 2 aromatic heterocycles. The van der Waals surface area contributed by atoms with Gasteiger partial charge in [0, 0.05) is 31.9 Å². The zero-order valence-corrected chi connectivity index (χ0v) is 14.3. The van der Waals surface area contributed by atoms with Crippen molar-refractivity contribution in [1.29, 1.82) is 0 Å². The molecule has 2 amide bonds. The molecule has 2 aromatic rings. The van der Waals surface area contributed by atoms with Crippen molar-refractivity contribution >= 4 is 17.8 Å². The summed E-state index contributed by atoms with van der Waals surface area (Å²) in [6, 6.07) is 5.00. The van der Waals surface area contributed by atoms with Crippen LogP contribution in [0.25, 0.3) is 0 Å². The smallest absolute Gasteiger partial charge is 0.289 e. The van der Waals surface area contributed by atoms with E-state index in [9.17, 15) is 9.59 Å². The molecule has 25 heavy (non-hydrogen) atoms. The molecule has 8 nitrogen and oxygen atoms in total. The van der Waals surface area contributed by atoms with Crippen molar-refractivity contribution in [3.8, 4) is 0 Å². The van der Waals surface area contributed by atoms with E-state index in [-0.39, 0.29) is 23.7 Å². The Morgan fingerprint density at radius 1 is 1.12 bits per heavy atom. The number of carbonyl (C=O) groups is 2. The summed E-state index contributed by atoms with van der Waals surface area (Å²) in [4.78, 5) is 36.5. The first-order valence-electron chi connectivity index (χ1n) is 8.22. The number of nitrogens with zero attached hydrogens (tertiary/aromatic N) is 4. The van der Waals surface area contributed by atoms with Crippen LogP contribution in [0.1, 0.15) is 46.5 Å². The van der Waals surface area contributed by atoms with Crippen LogP contribution < -0.4 is 5.73 Å². The third kappa shape index (κ3) is 3.62. The summed E-state index contributed by atoms with van der Waals surface area (Å²) in [5.74, 6) is 0.206. The summed E-state index contributed by atoms with van der Waals surface area (Å²) >= 11 is 0. The molecule has 0 aromatic carbocycles. The average molecular weight is 343 g/mol. The Morgan fingerprint density at radius 3 is 2.32 bits per heavy atom. The Kier molecular flexibility index (Phi) is 4.69. The highest BCUT2D eigenvalue weighted by atomic mass is 16.3. The first-order chi connectivity index (χ1) is 12.0. The lowest BCUT2D eigenvalue weighted by Crippen LogP contribution is -2.50. The van der Waals surface area contributed by atoms with E-state index in [1.54, 1.807) is 28.0 Å². The zero-order valence-electron chi connectivity index (χ0n) is 14.3. The highest BCUT2D eigenvalue weighted by Gasteiger charge is 2.27. The van der Waals surface area contributed by atoms with E-state index in [1.807, 2.05) is 13.8 Å². The normalized spacial score (nSPS) is 14.8. The molecule has 1 aliphatic rings. The molecule has 8 heteroatoms. The van der Waals surface area contributed by atoms with E-state index in [2.05, 4.69) is 9.97 Å². The number of nitrogens with two attached hydrogens (primary N) is 1. The average Bonchev–Trinajstić information content (AvgIpc) is 3.14. The number of carbonyl (C=O) groups excluding carboxylic acids is 2. The molecule has 3 heterocycles. The number of nitrogen functional groups attached to an aromatic ring is 1. The number of anilines is 1. The van der Waals surface area contributed by atoms with E-state index in [0.717, 1.165) is 5.69 Å². The van der Waals surface area contributed by atoms with Crippen LogP contribution in [0.4, 0.5) is 5.95 Å². The minimum atomic E-state index is -0.193. The summed E-state index contributed by atoms with van der Waals surface area (Å²) < 4.78 is 5.14. The van der Waals surface area contributed by atoms with E-state index in [4.69, 9.17) is 10.2 Å². The lowest BCUT2D eigenvalue weighted by atomic mass is 10.1. The zero-order chi connectivity index (χ0) is 18.0. The second-order valence-corrected chi connectivity index (χ2v) is 6.25. The fourth-order valence-corrected chi connectivity index (χ4v) is 2.72. The number of rotatable bonds is 3. The van der Waals surface area contributed by atoms with Gasteiger partial charge in [-0.1, -0.05) is 13.8 Å². The predicted octanol–water partition coefficient (Wildman–Crippen LogP) is 1.37. The largest absolute Gasteiger partial charge is 0.459 e. The first-order valence-corrected chi connectivity index (χ1v) is 8.22. The van der Waals surface area contributed by atoms with Gasteiger partial charge in [0.15, 0.2) is 5.76 Å². The van der Waals surface area contributed by atoms with Gasteiger partial charge >= 0.3 is 0 Å². The highest BCUT2D eigenvalue weighted by molar-refractivity contribution is 5.94. The maximum atomic E-state index is 12.7.